The molecule has 0 heterocycles. The van der Waals surface area contributed by atoms with Gasteiger partial charge >= 0.3 is 0 Å². The van der Waals surface area contributed by atoms with Crippen molar-refractivity contribution in [3.63, 3.8) is 0 Å². The molecule has 0 amide bonds. The Morgan fingerprint density at radius 1 is 0.700 bits per heavy atom. The molecule has 2 aromatic rings. The molecule has 0 radical (unpaired) electrons. The Hall–Kier alpha value is -1.64. The standard InChI is InChI=1S/C28H38O2/c1-2-9-24(22-14-16-27(29)25(18-22)20-10-5-3-6-11-20)23-15-17-28(30)26(19-23)21-12-7-4-8-13-21/h3-8,10-13,22-30H,2,9,14-19H2,1H3. The van der Waals surface area contributed by atoms with Crippen molar-refractivity contribution in [2.24, 2.45) is 17.8 Å². The van der Waals surface area contributed by atoms with E-state index < -0.39 is 0 Å². The molecule has 2 aliphatic rings. The maximum absolute atomic E-state index is 10.8. The molecule has 2 saturated carbocycles. The van der Waals surface area contributed by atoms with Crippen LogP contribution < -0.4 is 0 Å². The van der Waals surface area contributed by atoms with Crippen molar-refractivity contribution in [1.29, 1.82) is 0 Å². The van der Waals surface area contributed by atoms with Crippen LogP contribution in [0.15, 0.2) is 60.7 Å². The van der Waals surface area contributed by atoms with Gasteiger partial charge in [0.1, 0.15) is 0 Å². The van der Waals surface area contributed by atoms with Gasteiger partial charge in [-0.3, -0.25) is 0 Å². The summed E-state index contributed by atoms with van der Waals surface area (Å²) in [4.78, 5) is 0. The van der Waals surface area contributed by atoms with E-state index in [1.807, 2.05) is 0 Å². The van der Waals surface area contributed by atoms with Crippen LogP contribution in [-0.2, 0) is 0 Å². The lowest BCUT2D eigenvalue weighted by Crippen LogP contribution is -2.37. The van der Waals surface area contributed by atoms with Crippen molar-refractivity contribution in [2.45, 2.75) is 82.3 Å². The molecule has 4 rings (SSSR count). The van der Waals surface area contributed by atoms with E-state index in [9.17, 15) is 10.2 Å². The summed E-state index contributed by atoms with van der Waals surface area (Å²) >= 11 is 0. The third kappa shape index (κ3) is 4.81. The molecule has 6 unspecified atom stereocenters. The summed E-state index contributed by atoms with van der Waals surface area (Å²) < 4.78 is 0. The summed E-state index contributed by atoms with van der Waals surface area (Å²) in [5.74, 6) is 2.59. The second kappa shape index (κ2) is 10.1. The second-order valence-corrected chi connectivity index (χ2v) is 9.77. The minimum absolute atomic E-state index is 0.212. The van der Waals surface area contributed by atoms with E-state index in [2.05, 4.69) is 67.6 Å². The maximum atomic E-state index is 10.8. The second-order valence-electron chi connectivity index (χ2n) is 9.77. The molecule has 6 atom stereocenters. The quantitative estimate of drug-likeness (QED) is 0.591. The topological polar surface area (TPSA) is 40.5 Å². The third-order valence-corrected chi connectivity index (χ3v) is 8.00. The molecular weight excluding hydrogens is 368 g/mol. The van der Waals surface area contributed by atoms with Crippen LogP contribution in [0.1, 0.15) is 81.3 Å². The molecule has 0 saturated heterocycles. The molecule has 2 fully saturated rings. The van der Waals surface area contributed by atoms with E-state index in [-0.39, 0.29) is 24.0 Å². The van der Waals surface area contributed by atoms with Gasteiger partial charge in [-0.25, -0.2) is 0 Å². The first-order chi connectivity index (χ1) is 14.7. The number of hydrogen-bond donors (Lipinski definition) is 2. The van der Waals surface area contributed by atoms with Crippen LogP contribution in [0, 0.1) is 17.8 Å². The highest BCUT2D eigenvalue weighted by atomic mass is 16.3. The van der Waals surface area contributed by atoms with E-state index in [1.165, 1.54) is 24.0 Å². The number of aliphatic hydroxyl groups excluding tert-OH is 2. The molecule has 0 aromatic heterocycles. The highest BCUT2D eigenvalue weighted by Gasteiger charge is 2.40. The summed E-state index contributed by atoms with van der Waals surface area (Å²) in [6.07, 6.45) is 8.39. The summed E-state index contributed by atoms with van der Waals surface area (Å²) in [5, 5.41) is 21.5. The number of aliphatic hydroxyl groups is 2. The fourth-order valence-electron chi connectivity index (χ4n) is 6.46. The average molecular weight is 407 g/mol. The fraction of sp³-hybridized carbons (Fsp3) is 0.571. The number of hydrogen-bond acceptors (Lipinski definition) is 2. The number of rotatable bonds is 6. The van der Waals surface area contributed by atoms with E-state index >= 15 is 0 Å². The maximum Gasteiger partial charge on any atom is 0.0608 e. The predicted octanol–water partition coefficient (Wildman–Crippen LogP) is 6.29. The Labute approximate surface area is 182 Å². The van der Waals surface area contributed by atoms with Crippen LogP contribution in [-0.4, -0.2) is 22.4 Å². The van der Waals surface area contributed by atoms with Gasteiger partial charge in [0.25, 0.3) is 0 Å². The van der Waals surface area contributed by atoms with Gasteiger partial charge in [-0.2, -0.15) is 0 Å². The van der Waals surface area contributed by atoms with Crippen LogP contribution in [0.4, 0.5) is 0 Å². The zero-order chi connectivity index (χ0) is 20.9. The molecule has 2 aliphatic carbocycles. The van der Waals surface area contributed by atoms with E-state index in [4.69, 9.17) is 0 Å². The number of benzene rings is 2. The van der Waals surface area contributed by atoms with E-state index in [1.54, 1.807) is 0 Å². The van der Waals surface area contributed by atoms with Gasteiger partial charge in [0.15, 0.2) is 0 Å². The summed E-state index contributed by atoms with van der Waals surface area (Å²) in [6.45, 7) is 2.31. The van der Waals surface area contributed by atoms with Gasteiger partial charge in [-0.1, -0.05) is 80.4 Å². The Morgan fingerprint density at radius 2 is 1.13 bits per heavy atom. The highest BCUT2D eigenvalue weighted by Crippen LogP contribution is 2.48. The van der Waals surface area contributed by atoms with Crippen molar-refractivity contribution in [1.82, 2.24) is 0 Å². The van der Waals surface area contributed by atoms with Gasteiger partial charge < -0.3 is 10.2 Å². The zero-order valence-electron chi connectivity index (χ0n) is 18.4. The average Bonchev–Trinajstić information content (AvgIpc) is 2.80. The summed E-state index contributed by atoms with van der Waals surface area (Å²) in [7, 11) is 0. The first kappa shape index (κ1) is 21.6. The molecule has 0 aliphatic heterocycles. The Bertz CT molecular complexity index is 695. The molecule has 2 N–H and O–H groups in total. The van der Waals surface area contributed by atoms with E-state index in [0.29, 0.717) is 17.8 Å². The van der Waals surface area contributed by atoms with Gasteiger partial charge in [0.05, 0.1) is 12.2 Å². The first-order valence-corrected chi connectivity index (χ1v) is 12.1. The summed E-state index contributed by atoms with van der Waals surface area (Å²) in [5.41, 5.74) is 2.59. The molecule has 0 bridgehead atoms. The molecule has 2 aromatic carbocycles. The van der Waals surface area contributed by atoms with Gasteiger partial charge in [0, 0.05) is 11.8 Å². The minimum Gasteiger partial charge on any atom is -0.392 e. The Morgan fingerprint density at radius 3 is 1.53 bits per heavy atom. The Kier molecular flexibility index (Phi) is 7.28. The largest absolute Gasteiger partial charge is 0.392 e. The highest BCUT2D eigenvalue weighted by molar-refractivity contribution is 5.23. The predicted molar refractivity (Wildman–Crippen MR) is 123 cm³/mol. The minimum atomic E-state index is -0.212. The smallest absolute Gasteiger partial charge is 0.0608 e. The van der Waals surface area contributed by atoms with Gasteiger partial charge in [-0.15, -0.1) is 0 Å². The lowest BCUT2D eigenvalue weighted by Gasteiger charge is -2.44. The van der Waals surface area contributed by atoms with Crippen LogP contribution in [0.2, 0.25) is 0 Å². The van der Waals surface area contributed by atoms with E-state index in [0.717, 1.165) is 38.5 Å². The SMILES string of the molecule is CCCC(C1CCC(O)C(c2ccccc2)C1)C1CCC(O)C(c2ccccc2)C1. The van der Waals surface area contributed by atoms with Gasteiger partial charge in [0.2, 0.25) is 0 Å². The molecule has 30 heavy (non-hydrogen) atoms. The lowest BCUT2D eigenvalue weighted by molar-refractivity contribution is 0.0227. The lowest BCUT2D eigenvalue weighted by atomic mass is 9.62. The molecule has 2 nitrogen and oxygen atoms in total. The van der Waals surface area contributed by atoms with Crippen molar-refractivity contribution in [2.75, 3.05) is 0 Å². The van der Waals surface area contributed by atoms with Crippen molar-refractivity contribution >= 4 is 0 Å². The van der Waals surface area contributed by atoms with Crippen LogP contribution >= 0.6 is 0 Å². The molecular formula is C28H38O2. The zero-order valence-corrected chi connectivity index (χ0v) is 18.4. The fourth-order valence-corrected chi connectivity index (χ4v) is 6.46. The van der Waals surface area contributed by atoms with Crippen LogP contribution in [0.25, 0.3) is 0 Å². The van der Waals surface area contributed by atoms with Crippen molar-refractivity contribution in [3.05, 3.63) is 71.8 Å². The third-order valence-electron chi connectivity index (χ3n) is 8.00. The summed E-state index contributed by atoms with van der Waals surface area (Å²) in [6, 6.07) is 21.3. The molecule has 2 heteroatoms. The first-order valence-electron chi connectivity index (χ1n) is 12.1. The van der Waals surface area contributed by atoms with Crippen molar-refractivity contribution in [3.8, 4) is 0 Å². The molecule has 162 valence electrons. The monoisotopic (exact) mass is 406 g/mol. The van der Waals surface area contributed by atoms with Crippen LogP contribution in [0.5, 0.6) is 0 Å². The Balaban J connectivity index is 1.51. The molecule has 0 spiro atoms. The van der Waals surface area contributed by atoms with Gasteiger partial charge in [-0.05, 0) is 67.4 Å². The van der Waals surface area contributed by atoms with Crippen molar-refractivity contribution < 1.29 is 10.2 Å². The van der Waals surface area contributed by atoms with Crippen LogP contribution in [0.3, 0.4) is 0 Å². The normalized spacial score (nSPS) is 33.2.